The maximum atomic E-state index is 13.9. The van der Waals surface area contributed by atoms with E-state index in [1.807, 2.05) is 56.3 Å². The van der Waals surface area contributed by atoms with Crippen LogP contribution in [0.25, 0.3) is 10.2 Å². The molecule has 5 rings (SSSR count). The molecule has 1 aliphatic heterocycles. The van der Waals surface area contributed by atoms with Gasteiger partial charge >= 0.3 is 0 Å². The molecule has 222 valence electrons. The van der Waals surface area contributed by atoms with E-state index < -0.39 is 10.0 Å². The number of nitrogens with zero attached hydrogens (tertiary/aromatic N) is 4. The molecule has 0 saturated carbocycles. The predicted molar refractivity (Wildman–Crippen MR) is 169 cm³/mol. The predicted octanol–water partition coefficient (Wildman–Crippen LogP) is 5.84. The van der Waals surface area contributed by atoms with Gasteiger partial charge in [-0.15, -0.1) is 0 Å². The molecule has 8 nitrogen and oxygen atoms in total. The van der Waals surface area contributed by atoms with Crippen molar-refractivity contribution in [3.05, 3.63) is 88.4 Å². The molecule has 2 heterocycles. The first-order valence-electron chi connectivity index (χ1n) is 14.1. The van der Waals surface area contributed by atoms with E-state index in [4.69, 9.17) is 21.3 Å². The Morgan fingerprint density at radius 2 is 1.79 bits per heavy atom. The number of aromatic nitrogens is 1. The minimum atomic E-state index is -3.75. The summed E-state index contributed by atoms with van der Waals surface area (Å²) < 4.78 is 34.7. The van der Waals surface area contributed by atoms with Crippen LogP contribution in [0.5, 0.6) is 0 Å². The topological polar surface area (TPSA) is 83.1 Å². The van der Waals surface area contributed by atoms with Crippen LogP contribution >= 0.6 is 22.9 Å². The number of ether oxygens (including phenoxy) is 1. The molecule has 42 heavy (non-hydrogen) atoms. The molecular weight excluding hydrogens is 592 g/mol. The lowest BCUT2D eigenvalue weighted by Gasteiger charge is -2.27. The van der Waals surface area contributed by atoms with Gasteiger partial charge in [-0.25, -0.2) is 13.4 Å². The Bertz CT molecular complexity index is 1620. The molecule has 11 heteroatoms. The van der Waals surface area contributed by atoms with Gasteiger partial charge in [0.05, 0.1) is 28.3 Å². The zero-order valence-corrected chi connectivity index (χ0v) is 26.2. The Morgan fingerprint density at radius 1 is 1.07 bits per heavy atom. The van der Waals surface area contributed by atoms with E-state index in [2.05, 4.69) is 4.90 Å². The second kappa shape index (κ2) is 13.6. The average molecular weight is 627 g/mol. The number of rotatable bonds is 11. The summed E-state index contributed by atoms with van der Waals surface area (Å²) in [6, 6.07) is 19.5. The number of amides is 1. The van der Waals surface area contributed by atoms with Crippen LogP contribution < -0.4 is 4.90 Å². The lowest BCUT2D eigenvalue weighted by molar-refractivity contribution is 0.0376. The Kier molecular flexibility index (Phi) is 9.92. The summed E-state index contributed by atoms with van der Waals surface area (Å²) >= 11 is 7.73. The SMILES string of the molecule is CCN(Cc1ccccc1)S(=O)(=O)c1ccc(C(=O)N(CCCN2CCOCC2)c2nc3c(C)cc(Cl)cc3s2)cc1. The van der Waals surface area contributed by atoms with Crippen molar-refractivity contribution >= 4 is 54.2 Å². The fourth-order valence-corrected chi connectivity index (χ4v) is 7.93. The lowest BCUT2D eigenvalue weighted by Crippen LogP contribution is -2.39. The molecule has 1 aliphatic rings. The highest BCUT2D eigenvalue weighted by molar-refractivity contribution is 7.89. The molecule has 1 aromatic heterocycles. The van der Waals surface area contributed by atoms with Crippen LogP contribution in [0.15, 0.2) is 71.6 Å². The number of anilines is 1. The number of hydrogen-bond donors (Lipinski definition) is 0. The van der Waals surface area contributed by atoms with Crippen LogP contribution in [0, 0.1) is 6.92 Å². The van der Waals surface area contributed by atoms with Crippen molar-refractivity contribution in [1.82, 2.24) is 14.2 Å². The summed E-state index contributed by atoms with van der Waals surface area (Å²) in [5.74, 6) is -0.222. The molecule has 0 unspecified atom stereocenters. The van der Waals surface area contributed by atoms with Crippen LogP contribution in [0.3, 0.4) is 0 Å². The highest BCUT2D eigenvalue weighted by Crippen LogP contribution is 2.34. The van der Waals surface area contributed by atoms with Gasteiger partial charge in [0.2, 0.25) is 10.0 Å². The second-order valence-electron chi connectivity index (χ2n) is 10.3. The number of carbonyl (C=O) groups is 1. The van der Waals surface area contributed by atoms with Crippen molar-refractivity contribution in [1.29, 1.82) is 0 Å². The molecule has 3 aromatic carbocycles. The fourth-order valence-electron chi connectivity index (χ4n) is 5.05. The van der Waals surface area contributed by atoms with E-state index in [1.54, 1.807) is 17.0 Å². The highest BCUT2D eigenvalue weighted by Gasteiger charge is 2.26. The molecule has 1 amide bonds. The molecule has 1 saturated heterocycles. The molecule has 0 radical (unpaired) electrons. The van der Waals surface area contributed by atoms with E-state index in [1.165, 1.54) is 27.8 Å². The van der Waals surface area contributed by atoms with E-state index in [0.717, 1.165) is 60.6 Å². The van der Waals surface area contributed by atoms with Crippen LogP contribution in [0.2, 0.25) is 5.02 Å². The Hall–Kier alpha value is -2.86. The number of aryl methyl sites for hydroxylation is 1. The van der Waals surface area contributed by atoms with Gasteiger partial charge in [-0.3, -0.25) is 14.6 Å². The first-order valence-corrected chi connectivity index (χ1v) is 16.7. The number of morpholine rings is 1. The van der Waals surface area contributed by atoms with Gasteiger partial charge in [-0.1, -0.05) is 60.2 Å². The average Bonchev–Trinajstić information content (AvgIpc) is 3.43. The summed E-state index contributed by atoms with van der Waals surface area (Å²) in [6.07, 6.45) is 0.763. The number of sulfonamides is 1. The minimum Gasteiger partial charge on any atom is -0.379 e. The summed E-state index contributed by atoms with van der Waals surface area (Å²) in [5, 5.41) is 1.23. The van der Waals surface area contributed by atoms with Crippen molar-refractivity contribution in [2.45, 2.75) is 31.7 Å². The van der Waals surface area contributed by atoms with Crippen molar-refractivity contribution in [3.63, 3.8) is 0 Å². The van der Waals surface area contributed by atoms with Crippen LogP contribution in [-0.2, 0) is 21.3 Å². The van der Waals surface area contributed by atoms with Crippen LogP contribution in [0.4, 0.5) is 5.13 Å². The van der Waals surface area contributed by atoms with Gasteiger partial charge < -0.3 is 4.74 Å². The molecule has 0 N–H and O–H groups in total. The summed E-state index contributed by atoms with van der Waals surface area (Å²) in [6.45, 7) is 8.89. The zero-order valence-electron chi connectivity index (χ0n) is 23.8. The largest absolute Gasteiger partial charge is 0.379 e. The Labute approximate surface area is 256 Å². The highest BCUT2D eigenvalue weighted by atomic mass is 35.5. The molecule has 0 aliphatic carbocycles. The van der Waals surface area contributed by atoms with Gasteiger partial charge in [0.15, 0.2) is 5.13 Å². The van der Waals surface area contributed by atoms with Crippen LogP contribution in [0.1, 0.15) is 34.8 Å². The van der Waals surface area contributed by atoms with Crippen LogP contribution in [-0.4, -0.2) is 74.5 Å². The Balaban J connectivity index is 1.38. The van der Waals surface area contributed by atoms with Crippen molar-refractivity contribution in [2.75, 3.05) is 50.8 Å². The number of thiazole rings is 1. The quantitative estimate of drug-likeness (QED) is 0.208. The molecule has 0 bridgehead atoms. The third kappa shape index (κ3) is 7.02. The molecule has 0 spiro atoms. The van der Waals surface area contributed by atoms with Gasteiger partial charge in [-0.2, -0.15) is 4.31 Å². The third-order valence-electron chi connectivity index (χ3n) is 7.37. The maximum absolute atomic E-state index is 13.9. The first kappa shape index (κ1) is 30.6. The third-order valence-corrected chi connectivity index (χ3v) is 10.5. The lowest BCUT2D eigenvalue weighted by atomic mass is 10.2. The number of benzene rings is 3. The van der Waals surface area contributed by atoms with E-state index >= 15 is 0 Å². The van der Waals surface area contributed by atoms with Gasteiger partial charge in [0.25, 0.3) is 5.91 Å². The molecular formula is C31H35ClN4O4S2. The molecule has 1 fully saturated rings. The van der Waals surface area contributed by atoms with E-state index in [0.29, 0.717) is 28.8 Å². The van der Waals surface area contributed by atoms with Gasteiger partial charge in [-0.05, 0) is 60.9 Å². The monoisotopic (exact) mass is 626 g/mol. The number of fused-ring (bicyclic) bond motifs is 1. The summed E-state index contributed by atoms with van der Waals surface area (Å²) in [7, 11) is -3.75. The number of carbonyl (C=O) groups excluding carboxylic acids is 1. The normalized spacial score (nSPS) is 14.5. The van der Waals surface area contributed by atoms with Gasteiger partial charge in [0, 0.05) is 49.9 Å². The van der Waals surface area contributed by atoms with E-state index in [9.17, 15) is 13.2 Å². The van der Waals surface area contributed by atoms with Crippen molar-refractivity contribution < 1.29 is 17.9 Å². The van der Waals surface area contributed by atoms with E-state index in [-0.39, 0.29) is 17.3 Å². The summed E-state index contributed by atoms with van der Waals surface area (Å²) in [4.78, 5) is 22.9. The number of hydrogen-bond acceptors (Lipinski definition) is 7. The van der Waals surface area contributed by atoms with Gasteiger partial charge in [0.1, 0.15) is 0 Å². The number of halogens is 1. The second-order valence-corrected chi connectivity index (χ2v) is 13.7. The molecule has 4 aromatic rings. The zero-order chi connectivity index (χ0) is 29.7. The Morgan fingerprint density at radius 3 is 2.48 bits per heavy atom. The minimum absolute atomic E-state index is 0.154. The summed E-state index contributed by atoms with van der Waals surface area (Å²) in [5.41, 5.74) is 3.09. The molecule has 0 atom stereocenters. The standard InChI is InChI=1S/C31H35ClN4O4S2/c1-3-35(22-24-8-5-4-6-9-24)42(38,39)27-12-10-25(11-13-27)30(37)36(15-7-14-34-16-18-40-19-17-34)31-33-29-23(2)20-26(32)21-28(29)41-31/h4-6,8-13,20-21H,3,7,14-19,22H2,1-2H3. The van der Waals surface area contributed by atoms with Crippen molar-refractivity contribution in [3.8, 4) is 0 Å². The van der Waals surface area contributed by atoms with Crippen molar-refractivity contribution in [2.24, 2.45) is 0 Å². The fraction of sp³-hybridized carbons (Fsp3) is 0.355. The smallest absolute Gasteiger partial charge is 0.260 e. The first-order chi connectivity index (χ1) is 20.3. The maximum Gasteiger partial charge on any atom is 0.260 e.